The van der Waals surface area contributed by atoms with Crippen LogP contribution in [0, 0.1) is 16.7 Å². The van der Waals surface area contributed by atoms with Gasteiger partial charge in [0.25, 0.3) is 0 Å². The average Bonchev–Trinajstić information content (AvgIpc) is 2.71. The Bertz CT molecular complexity index is 399. The van der Waals surface area contributed by atoms with Crippen molar-refractivity contribution >= 4 is 0 Å². The summed E-state index contributed by atoms with van der Waals surface area (Å²) < 4.78 is 5.71. The van der Waals surface area contributed by atoms with Crippen LogP contribution in [-0.2, 0) is 0 Å². The number of ether oxygens (including phenoxy) is 1. The van der Waals surface area contributed by atoms with Gasteiger partial charge in [-0.05, 0) is 37.8 Å². The van der Waals surface area contributed by atoms with E-state index < -0.39 is 0 Å². The van der Waals surface area contributed by atoms with E-state index in [1.165, 1.54) is 25.7 Å². The first-order valence-electron chi connectivity index (χ1n) is 7.44. The molecule has 0 N–H and O–H groups in total. The van der Waals surface area contributed by atoms with Crippen LogP contribution in [0.1, 0.15) is 51.4 Å². The molecule has 2 rings (SSSR count). The molecule has 2 nitrogen and oxygen atoms in total. The third-order valence-electron chi connectivity index (χ3n) is 4.11. The highest BCUT2D eigenvalue weighted by Gasteiger charge is 2.30. The Kier molecular flexibility index (Phi) is 5.27. The Labute approximate surface area is 116 Å². The number of hydrogen-bond donors (Lipinski definition) is 0. The van der Waals surface area contributed by atoms with Crippen molar-refractivity contribution in [1.29, 1.82) is 5.26 Å². The summed E-state index contributed by atoms with van der Waals surface area (Å²) in [5.74, 6) is 0.925. The lowest BCUT2D eigenvalue weighted by Gasteiger charge is -2.24. The fourth-order valence-electron chi connectivity index (χ4n) is 2.94. The quantitative estimate of drug-likeness (QED) is 0.565. The van der Waals surface area contributed by atoms with E-state index in [0.717, 1.165) is 31.4 Å². The maximum Gasteiger partial charge on any atom is 0.119 e. The Morgan fingerprint density at radius 2 is 1.74 bits per heavy atom. The van der Waals surface area contributed by atoms with Crippen LogP contribution in [0.15, 0.2) is 30.3 Å². The molecule has 0 saturated heterocycles. The van der Waals surface area contributed by atoms with Crippen molar-refractivity contribution < 1.29 is 4.74 Å². The predicted molar refractivity (Wildman–Crippen MR) is 76.9 cm³/mol. The zero-order valence-electron chi connectivity index (χ0n) is 11.6. The van der Waals surface area contributed by atoms with E-state index in [4.69, 9.17) is 4.74 Å². The molecular formula is C17H23NO. The average molecular weight is 257 g/mol. The van der Waals surface area contributed by atoms with Crippen molar-refractivity contribution in [2.24, 2.45) is 5.41 Å². The second-order valence-electron chi connectivity index (χ2n) is 5.57. The number of nitriles is 1. The zero-order valence-corrected chi connectivity index (χ0v) is 11.6. The van der Waals surface area contributed by atoms with Crippen molar-refractivity contribution in [1.82, 2.24) is 0 Å². The molecule has 0 bridgehead atoms. The van der Waals surface area contributed by atoms with Gasteiger partial charge in [0.2, 0.25) is 0 Å². The van der Waals surface area contributed by atoms with Crippen LogP contribution in [0.3, 0.4) is 0 Å². The van der Waals surface area contributed by atoms with Gasteiger partial charge in [-0.2, -0.15) is 5.26 Å². The van der Waals surface area contributed by atoms with Gasteiger partial charge in [0, 0.05) is 0 Å². The second-order valence-corrected chi connectivity index (χ2v) is 5.57. The summed E-state index contributed by atoms with van der Waals surface area (Å²) in [5.41, 5.74) is -0.0729. The van der Waals surface area contributed by atoms with E-state index in [2.05, 4.69) is 6.07 Å². The molecule has 0 unspecified atom stereocenters. The lowest BCUT2D eigenvalue weighted by molar-refractivity contribution is 0.251. The molecule has 1 fully saturated rings. The predicted octanol–water partition coefficient (Wildman–Crippen LogP) is 4.71. The van der Waals surface area contributed by atoms with E-state index in [9.17, 15) is 5.26 Å². The van der Waals surface area contributed by atoms with Gasteiger partial charge in [-0.1, -0.05) is 43.9 Å². The summed E-state index contributed by atoms with van der Waals surface area (Å²) in [4.78, 5) is 0. The van der Waals surface area contributed by atoms with Crippen molar-refractivity contribution in [2.45, 2.75) is 51.4 Å². The summed E-state index contributed by atoms with van der Waals surface area (Å²) in [6.07, 6.45) is 9.14. The topological polar surface area (TPSA) is 33.0 Å². The van der Waals surface area contributed by atoms with E-state index >= 15 is 0 Å². The summed E-state index contributed by atoms with van der Waals surface area (Å²) in [7, 11) is 0. The fraction of sp³-hybridized carbons (Fsp3) is 0.588. The molecule has 1 aromatic rings. The van der Waals surface area contributed by atoms with Crippen molar-refractivity contribution in [3.8, 4) is 11.8 Å². The zero-order chi connectivity index (χ0) is 13.4. The molecule has 1 aromatic carbocycles. The monoisotopic (exact) mass is 257 g/mol. The minimum atomic E-state index is -0.0729. The highest BCUT2D eigenvalue weighted by Crippen LogP contribution is 2.38. The maximum atomic E-state index is 9.49. The van der Waals surface area contributed by atoms with E-state index in [1.54, 1.807) is 0 Å². The number of benzene rings is 1. The molecule has 1 aliphatic rings. The van der Waals surface area contributed by atoms with Gasteiger partial charge in [0.05, 0.1) is 18.1 Å². The molecule has 0 aromatic heterocycles. The van der Waals surface area contributed by atoms with Crippen LogP contribution < -0.4 is 4.74 Å². The molecule has 0 aliphatic heterocycles. The van der Waals surface area contributed by atoms with Gasteiger partial charge < -0.3 is 4.74 Å². The molecule has 19 heavy (non-hydrogen) atoms. The van der Waals surface area contributed by atoms with Crippen LogP contribution in [0.2, 0.25) is 0 Å². The van der Waals surface area contributed by atoms with E-state index in [1.807, 2.05) is 30.3 Å². The first kappa shape index (κ1) is 13.9. The number of hydrogen-bond acceptors (Lipinski definition) is 2. The minimum Gasteiger partial charge on any atom is -0.494 e. The van der Waals surface area contributed by atoms with Crippen LogP contribution in [-0.4, -0.2) is 6.61 Å². The second kappa shape index (κ2) is 7.19. The van der Waals surface area contributed by atoms with Crippen LogP contribution in [0.4, 0.5) is 0 Å². The van der Waals surface area contributed by atoms with E-state index in [0.29, 0.717) is 6.61 Å². The Morgan fingerprint density at radius 3 is 2.37 bits per heavy atom. The first-order valence-corrected chi connectivity index (χ1v) is 7.44. The molecule has 0 radical (unpaired) electrons. The lowest BCUT2D eigenvalue weighted by atomic mass is 9.78. The Morgan fingerprint density at radius 1 is 1.05 bits per heavy atom. The molecule has 0 spiro atoms. The molecular weight excluding hydrogens is 234 g/mol. The molecule has 2 heteroatoms. The van der Waals surface area contributed by atoms with Gasteiger partial charge in [0.1, 0.15) is 5.75 Å². The summed E-state index contributed by atoms with van der Waals surface area (Å²) in [6.45, 7) is 0.716. The Hall–Kier alpha value is -1.49. The van der Waals surface area contributed by atoms with Crippen LogP contribution in [0.25, 0.3) is 0 Å². The van der Waals surface area contributed by atoms with Crippen molar-refractivity contribution in [3.05, 3.63) is 30.3 Å². The number of para-hydroxylation sites is 1. The van der Waals surface area contributed by atoms with Gasteiger partial charge in [-0.3, -0.25) is 0 Å². The SMILES string of the molecule is N#CC1(CCCOc2ccccc2)CCCCCC1. The first-order chi connectivity index (χ1) is 9.35. The Balaban J connectivity index is 1.76. The van der Waals surface area contributed by atoms with E-state index in [-0.39, 0.29) is 5.41 Å². The number of nitrogens with zero attached hydrogens (tertiary/aromatic N) is 1. The summed E-state index contributed by atoms with van der Waals surface area (Å²) in [5, 5.41) is 9.49. The smallest absolute Gasteiger partial charge is 0.119 e. The minimum absolute atomic E-state index is 0.0729. The third-order valence-corrected chi connectivity index (χ3v) is 4.11. The van der Waals surface area contributed by atoms with Gasteiger partial charge >= 0.3 is 0 Å². The molecule has 1 aliphatic carbocycles. The maximum absolute atomic E-state index is 9.49. The van der Waals surface area contributed by atoms with Crippen LogP contribution in [0.5, 0.6) is 5.75 Å². The van der Waals surface area contributed by atoms with Crippen molar-refractivity contribution in [2.75, 3.05) is 6.61 Å². The third kappa shape index (κ3) is 4.28. The highest BCUT2D eigenvalue weighted by atomic mass is 16.5. The summed E-state index contributed by atoms with van der Waals surface area (Å²) >= 11 is 0. The molecule has 1 saturated carbocycles. The van der Waals surface area contributed by atoms with Gasteiger partial charge in [-0.25, -0.2) is 0 Å². The van der Waals surface area contributed by atoms with Gasteiger partial charge in [-0.15, -0.1) is 0 Å². The molecule has 0 atom stereocenters. The summed E-state index contributed by atoms with van der Waals surface area (Å²) in [6, 6.07) is 12.5. The van der Waals surface area contributed by atoms with Crippen LogP contribution >= 0.6 is 0 Å². The van der Waals surface area contributed by atoms with Gasteiger partial charge in [0.15, 0.2) is 0 Å². The molecule has 0 amide bonds. The largest absolute Gasteiger partial charge is 0.494 e. The normalized spacial score (nSPS) is 18.3. The molecule has 102 valence electrons. The van der Waals surface area contributed by atoms with Crippen molar-refractivity contribution in [3.63, 3.8) is 0 Å². The molecule has 0 heterocycles. The number of rotatable bonds is 5. The lowest BCUT2D eigenvalue weighted by Crippen LogP contribution is -2.18. The fourth-order valence-corrected chi connectivity index (χ4v) is 2.94. The highest BCUT2D eigenvalue weighted by molar-refractivity contribution is 5.20. The standard InChI is InChI=1S/C17H23NO/c18-15-17(11-6-1-2-7-12-17)13-8-14-19-16-9-4-3-5-10-16/h3-5,9-10H,1-2,6-8,11-14H2.